The minimum atomic E-state index is -0.0457. The number of thioether (sulfide) groups is 1. The van der Waals surface area contributed by atoms with Gasteiger partial charge in [0.1, 0.15) is 0 Å². The number of carbonyl (C=O) groups is 2. The van der Waals surface area contributed by atoms with Gasteiger partial charge in [-0.05, 0) is 32.0 Å². The molecule has 0 bridgehead atoms. The zero-order valence-corrected chi connectivity index (χ0v) is 19.6. The van der Waals surface area contributed by atoms with Crippen molar-refractivity contribution in [2.45, 2.75) is 18.2 Å². The molecule has 31 heavy (non-hydrogen) atoms. The van der Waals surface area contributed by atoms with E-state index in [4.69, 9.17) is 9.47 Å². The van der Waals surface area contributed by atoms with Crippen LogP contribution in [-0.2, 0) is 4.79 Å². The highest BCUT2D eigenvalue weighted by molar-refractivity contribution is 8.01. The molecule has 0 saturated carbocycles. The lowest BCUT2D eigenvalue weighted by Crippen LogP contribution is -2.48. The highest BCUT2D eigenvalue weighted by Crippen LogP contribution is 2.30. The number of hydrogen-bond donors (Lipinski definition) is 1. The average Bonchev–Trinajstić information content (AvgIpc) is 3.27. The molecule has 1 aromatic heterocycles. The number of piperazine rings is 1. The third kappa shape index (κ3) is 6.01. The molecule has 3 rings (SSSR count). The van der Waals surface area contributed by atoms with Crippen molar-refractivity contribution in [3.05, 3.63) is 23.8 Å². The van der Waals surface area contributed by atoms with Gasteiger partial charge in [0.25, 0.3) is 5.91 Å². The molecule has 1 aliphatic rings. The van der Waals surface area contributed by atoms with Gasteiger partial charge in [0, 0.05) is 38.8 Å². The second-order valence-corrected chi connectivity index (χ2v) is 8.80. The van der Waals surface area contributed by atoms with E-state index in [0.29, 0.717) is 62.2 Å². The molecule has 1 saturated heterocycles. The van der Waals surface area contributed by atoms with Gasteiger partial charge in [0.15, 0.2) is 15.8 Å². The molecule has 11 heteroatoms. The number of nitrogens with one attached hydrogen (secondary N) is 1. The van der Waals surface area contributed by atoms with Crippen molar-refractivity contribution in [2.75, 3.05) is 57.1 Å². The second-order valence-electron chi connectivity index (χ2n) is 6.62. The summed E-state index contributed by atoms with van der Waals surface area (Å²) in [5.41, 5.74) is 0.587. The molecular weight excluding hydrogens is 438 g/mol. The smallest absolute Gasteiger partial charge is 0.254 e. The first-order chi connectivity index (χ1) is 15.0. The number of benzene rings is 1. The van der Waals surface area contributed by atoms with Gasteiger partial charge >= 0.3 is 0 Å². The Morgan fingerprint density at radius 3 is 2.48 bits per heavy atom. The summed E-state index contributed by atoms with van der Waals surface area (Å²) in [5, 5.41) is 11.8. The molecule has 0 atom stereocenters. The number of hydrogen-bond acceptors (Lipinski definition) is 9. The maximum absolute atomic E-state index is 13.0. The Morgan fingerprint density at radius 1 is 1.10 bits per heavy atom. The standard InChI is InChI=1S/C20H27N5O4S2/c1-4-28-15-7-6-14(12-16(15)29-5-2)18(27)24-8-10-25(11-9-24)19-22-23-20(31-19)30-13-17(26)21-3/h6-7,12H,4-5,8-11,13H2,1-3H3,(H,21,26). The van der Waals surface area contributed by atoms with E-state index >= 15 is 0 Å². The fourth-order valence-corrected chi connectivity index (χ4v) is 4.82. The van der Waals surface area contributed by atoms with Crippen molar-refractivity contribution < 1.29 is 19.1 Å². The van der Waals surface area contributed by atoms with Gasteiger partial charge in [0.05, 0.1) is 19.0 Å². The second kappa shape index (κ2) is 11.2. The van der Waals surface area contributed by atoms with Crippen LogP contribution in [0.4, 0.5) is 5.13 Å². The topological polar surface area (TPSA) is 96.9 Å². The van der Waals surface area contributed by atoms with Crippen molar-refractivity contribution >= 4 is 40.0 Å². The van der Waals surface area contributed by atoms with Crippen LogP contribution in [0.15, 0.2) is 22.5 Å². The number of ether oxygens (including phenoxy) is 2. The number of aromatic nitrogens is 2. The van der Waals surface area contributed by atoms with Crippen LogP contribution < -0.4 is 19.7 Å². The van der Waals surface area contributed by atoms with E-state index in [0.717, 1.165) is 9.47 Å². The Balaban J connectivity index is 1.58. The van der Waals surface area contributed by atoms with Crippen LogP contribution in [0.3, 0.4) is 0 Å². The summed E-state index contributed by atoms with van der Waals surface area (Å²) < 4.78 is 12.0. The average molecular weight is 466 g/mol. The molecule has 0 unspecified atom stereocenters. The minimum absolute atomic E-state index is 0.0252. The zero-order chi connectivity index (χ0) is 22.2. The quantitative estimate of drug-likeness (QED) is 0.563. The Kier molecular flexibility index (Phi) is 8.35. The summed E-state index contributed by atoms with van der Waals surface area (Å²) in [5.74, 6) is 1.48. The molecule has 1 aliphatic heterocycles. The Morgan fingerprint density at radius 2 is 1.81 bits per heavy atom. The number of amides is 2. The Bertz CT molecular complexity index is 899. The van der Waals surface area contributed by atoms with Gasteiger partial charge in [-0.1, -0.05) is 23.1 Å². The van der Waals surface area contributed by atoms with Crippen LogP contribution in [0, 0.1) is 0 Å². The maximum atomic E-state index is 13.0. The Labute approximate surface area is 190 Å². The van der Waals surface area contributed by atoms with Crippen LogP contribution in [0.25, 0.3) is 0 Å². The first-order valence-electron chi connectivity index (χ1n) is 10.2. The van der Waals surface area contributed by atoms with Crippen molar-refractivity contribution in [1.82, 2.24) is 20.4 Å². The molecular formula is C20H27N5O4S2. The first kappa shape index (κ1) is 23.1. The minimum Gasteiger partial charge on any atom is -0.490 e. The lowest BCUT2D eigenvalue weighted by Gasteiger charge is -2.34. The predicted molar refractivity (Wildman–Crippen MR) is 122 cm³/mol. The summed E-state index contributed by atoms with van der Waals surface area (Å²) in [6.45, 7) is 7.39. The van der Waals surface area contributed by atoms with Gasteiger partial charge in [-0.2, -0.15) is 0 Å². The molecule has 2 aromatic rings. The van der Waals surface area contributed by atoms with E-state index in [1.807, 2.05) is 18.7 Å². The van der Waals surface area contributed by atoms with E-state index in [1.54, 1.807) is 25.2 Å². The lowest BCUT2D eigenvalue weighted by molar-refractivity contribution is -0.118. The number of rotatable bonds is 9. The third-order valence-corrected chi connectivity index (χ3v) is 6.75. The van der Waals surface area contributed by atoms with Crippen LogP contribution >= 0.6 is 23.1 Å². The van der Waals surface area contributed by atoms with Crippen molar-refractivity contribution in [1.29, 1.82) is 0 Å². The summed E-state index contributed by atoms with van der Waals surface area (Å²) in [6.07, 6.45) is 0. The Hall–Kier alpha value is -2.53. The predicted octanol–water partition coefficient (Wildman–Crippen LogP) is 2.14. The molecule has 168 valence electrons. The van der Waals surface area contributed by atoms with Gasteiger partial charge in [-0.25, -0.2) is 0 Å². The molecule has 2 amide bonds. The monoisotopic (exact) mass is 465 g/mol. The van der Waals surface area contributed by atoms with Gasteiger partial charge < -0.3 is 24.6 Å². The largest absolute Gasteiger partial charge is 0.490 e. The molecule has 1 fully saturated rings. The molecule has 1 aromatic carbocycles. The number of anilines is 1. The van der Waals surface area contributed by atoms with Crippen LogP contribution in [0.1, 0.15) is 24.2 Å². The summed E-state index contributed by atoms with van der Waals surface area (Å²) in [4.78, 5) is 28.3. The maximum Gasteiger partial charge on any atom is 0.254 e. The van der Waals surface area contributed by atoms with Gasteiger partial charge in [-0.3, -0.25) is 9.59 Å². The van der Waals surface area contributed by atoms with E-state index in [1.165, 1.54) is 23.1 Å². The SMILES string of the molecule is CCOc1ccc(C(=O)N2CCN(c3nnc(SCC(=O)NC)s3)CC2)cc1OCC. The summed E-state index contributed by atoms with van der Waals surface area (Å²) >= 11 is 2.83. The molecule has 0 radical (unpaired) electrons. The molecule has 0 spiro atoms. The van der Waals surface area contributed by atoms with E-state index in [-0.39, 0.29) is 11.8 Å². The van der Waals surface area contributed by atoms with Crippen molar-refractivity contribution in [2.24, 2.45) is 0 Å². The summed E-state index contributed by atoms with van der Waals surface area (Å²) in [6, 6.07) is 5.32. The van der Waals surface area contributed by atoms with E-state index < -0.39 is 0 Å². The molecule has 0 aliphatic carbocycles. The highest BCUT2D eigenvalue weighted by atomic mass is 32.2. The van der Waals surface area contributed by atoms with E-state index in [9.17, 15) is 9.59 Å². The fraction of sp³-hybridized carbons (Fsp3) is 0.500. The highest BCUT2D eigenvalue weighted by Gasteiger charge is 2.25. The van der Waals surface area contributed by atoms with Crippen LogP contribution in [0.5, 0.6) is 11.5 Å². The molecule has 2 heterocycles. The summed E-state index contributed by atoms with van der Waals surface area (Å²) in [7, 11) is 1.61. The van der Waals surface area contributed by atoms with Gasteiger partial charge in [-0.15, -0.1) is 10.2 Å². The number of carbonyl (C=O) groups excluding carboxylic acids is 2. The first-order valence-corrected chi connectivity index (χ1v) is 12.0. The third-order valence-electron chi connectivity index (χ3n) is 4.63. The lowest BCUT2D eigenvalue weighted by atomic mass is 10.1. The normalized spacial score (nSPS) is 13.8. The number of nitrogens with zero attached hydrogens (tertiary/aromatic N) is 4. The van der Waals surface area contributed by atoms with Crippen LogP contribution in [-0.4, -0.2) is 79.1 Å². The van der Waals surface area contributed by atoms with Crippen LogP contribution in [0.2, 0.25) is 0 Å². The van der Waals surface area contributed by atoms with Crippen molar-refractivity contribution in [3.8, 4) is 11.5 Å². The molecule has 1 N–H and O–H groups in total. The zero-order valence-electron chi connectivity index (χ0n) is 17.9. The van der Waals surface area contributed by atoms with Gasteiger partial charge in [0.2, 0.25) is 11.0 Å². The fourth-order valence-electron chi connectivity index (χ4n) is 3.06. The molecule has 9 nitrogen and oxygen atoms in total. The van der Waals surface area contributed by atoms with Crippen molar-refractivity contribution in [3.63, 3.8) is 0 Å². The van der Waals surface area contributed by atoms with E-state index in [2.05, 4.69) is 20.4 Å².